The van der Waals surface area contributed by atoms with Gasteiger partial charge in [0.1, 0.15) is 18.2 Å². The number of ether oxygens (including phenoxy) is 1. The minimum atomic E-state index is 0.0420. The number of aromatic hydroxyl groups is 1. The second-order valence-corrected chi connectivity index (χ2v) is 8.72. The maximum absolute atomic E-state index is 10.6. The lowest BCUT2D eigenvalue weighted by Crippen LogP contribution is -2.39. The first-order chi connectivity index (χ1) is 16.2. The smallest absolute Gasteiger partial charge is 0.225 e. The molecule has 2 saturated heterocycles. The van der Waals surface area contributed by atoms with Crippen LogP contribution in [0.1, 0.15) is 29.9 Å². The maximum atomic E-state index is 10.6. The number of aromatic nitrogens is 4. The molecule has 0 saturated carbocycles. The second-order valence-electron chi connectivity index (χ2n) is 8.12. The summed E-state index contributed by atoms with van der Waals surface area (Å²) in [5, 5.41) is 10.6. The number of piperidine rings is 1. The molecular weight excluding hydrogens is 442 g/mol. The number of hydrogen-bond donors (Lipinski definition) is 1. The number of rotatable bonds is 5. The van der Waals surface area contributed by atoms with Crippen LogP contribution >= 0.6 is 12.3 Å². The molecule has 2 aromatic heterocycles. The lowest BCUT2D eigenvalue weighted by atomic mass is 9.96. The van der Waals surface area contributed by atoms with Gasteiger partial charge < -0.3 is 14.7 Å². The highest BCUT2D eigenvalue weighted by Crippen LogP contribution is 2.36. The van der Waals surface area contributed by atoms with E-state index in [9.17, 15) is 5.11 Å². The fraction of sp³-hybridized carbons (Fsp3) is 0.391. The fourth-order valence-corrected chi connectivity index (χ4v) is 4.61. The SMILES string of the molecule is Cc1c(OC2CCN(c3ncccn3)CC2)ncnc1-c1cc(C2COSOC2)ccc1O. The van der Waals surface area contributed by atoms with Crippen molar-refractivity contribution in [3.8, 4) is 22.9 Å². The quantitative estimate of drug-likeness (QED) is 0.559. The number of anilines is 1. The van der Waals surface area contributed by atoms with Gasteiger partial charge >= 0.3 is 0 Å². The summed E-state index contributed by atoms with van der Waals surface area (Å²) in [6.45, 7) is 4.67. The molecule has 3 aromatic rings. The second kappa shape index (κ2) is 9.90. The van der Waals surface area contributed by atoms with Gasteiger partial charge in [-0.25, -0.2) is 19.9 Å². The van der Waals surface area contributed by atoms with Crippen LogP contribution in [-0.2, 0) is 8.37 Å². The van der Waals surface area contributed by atoms with Gasteiger partial charge in [0, 0.05) is 55.4 Å². The van der Waals surface area contributed by atoms with E-state index in [2.05, 4.69) is 24.8 Å². The van der Waals surface area contributed by atoms with Crippen molar-refractivity contribution in [2.75, 3.05) is 31.2 Å². The van der Waals surface area contributed by atoms with Gasteiger partial charge in [-0.05, 0) is 30.7 Å². The van der Waals surface area contributed by atoms with Crippen molar-refractivity contribution in [1.29, 1.82) is 0 Å². The third-order valence-electron chi connectivity index (χ3n) is 5.97. The summed E-state index contributed by atoms with van der Waals surface area (Å²) in [6.07, 6.45) is 6.73. The Bertz CT molecular complexity index is 1090. The van der Waals surface area contributed by atoms with Gasteiger partial charge in [0.25, 0.3) is 0 Å². The molecular formula is C23H25N5O4S. The van der Waals surface area contributed by atoms with Crippen LogP contribution in [0, 0.1) is 6.92 Å². The molecule has 0 aliphatic carbocycles. The Balaban J connectivity index is 1.32. The molecule has 2 aliphatic rings. The van der Waals surface area contributed by atoms with Crippen LogP contribution in [0.25, 0.3) is 11.3 Å². The number of nitrogens with zero attached hydrogens (tertiary/aromatic N) is 5. The number of benzene rings is 1. The largest absolute Gasteiger partial charge is 0.507 e. The minimum Gasteiger partial charge on any atom is -0.507 e. The molecule has 0 bridgehead atoms. The summed E-state index contributed by atoms with van der Waals surface area (Å²) in [4.78, 5) is 19.7. The highest BCUT2D eigenvalue weighted by atomic mass is 32.2. The molecule has 0 amide bonds. The third kappa shape index (κ3) is 4.87. The van der Waals surface area contributed by atoms with E-state index in [1.165, 1.54) is 6.33 Å². The molecule has 0 atom stereocenters. The molecule has 1 aromatic carbocycles. The van der Waals surface area contributed by atoms with Crippen LogP contribution < -0.4 is 9.64 Å². The van der Waals surface area contributed by atoms with Crippen molar-refractivity contribution in [1.82, 2.24) is 19.9 Å². The minimum absolute atomic E-state index is 0.0420. The molecule has 2 aliphatic heterocycles. The molecule has 2 fully saturated rings. The number of hydrogen-bond acceptors (Lipinski definition) is 10. The third-order valence-corrected chi connectivity index (χ3v) is 6.44. The van der Waals surface area contributed by atoms with E-state index < -0.39 is 0 Å². The van der Waals surface area contributed by atoms with Gasteiger partial charge in [-0.2, -0.15) is 0 Å². The van der Waals surface area contributed by atoms with E-state index >= 15 is 0 Å². The molecule has 5 rings (SSSR count). The van der Waals surface area contributed by atoms with Gasteiger partial charge in [-0.3, -0.25) is 8.37 Å². The van der Waals surface area contributed by atoms with Crippen molar-refractivity contribution < 1.29 is 18.2 Å². The van der Waals surface area contributed by atoms with E-state index in [1.54, 1.807) is 18.5 Å². The monoisotopic (exact) mass is 467 g/mol. The predicted octanol–water partition coefficient (Wildman–Crippen LogP) is 3.69. The Hall–Kier alpha value is -2.95. The first kappa shape index (κ1) is 21.9. The van der Waals surface area contributed by atoms with Crippen LogP contribution in [-0.4, -0.2) is 57.4 Å². The zero-order valence-electron chi connectivity index (χ0n) is 18.3. The highest BCUT2D eigenvalue weighted by molar-refractivity contribution is 7.89. The van der Waals surface area contributed by atoms with Crippen molar-refractivity contribution in [2.24, 2.45) is 0 Å². The van der Waals surface area contributed by atoms with Crippen molar-refractivity contribution in [3.05, 3.63) is 54.1 Å². The number of phenolic OH excluding ortho intramolecular Hbond substituents is 1. The fourth-order valence-electron chi connectivity index (χ4n) is 4.10. The standard InChI is InChI=1S/C23H25N5O4S/c1-15-21(19-11-16(3-4-20(19)29)17-12-30-33-31-13-17)26-14-27-22(15)32-18-5-9-28(10-6-18)23-24-7-2-8-25-23/h2-4,7-8,11,14,17-18,29H,5-6,9-10,12-13H2,1H3. The summed E-state index contributed by atoms with van der Waals surface area (Å²) in [5.41, 5.74) is 3.12. The summed E-state index contributed by atoms with van der Waals surface area (Å²) in [5.74, 6) is 1.55. The van der Waals surface area contributed by atoms with Crippen LogP contribution in [0.4, 0.5) is 5.95 Å². The molecule has 33 heavy (non-hydrogen) atoms. The number of phenols is 1. The van der Waals surface area contributed by atoms with Crippen LogP contribution in [0.15, 0.2) is 43.0 Å². The lowest BCUT2D eigenvalue weighted by molar-refractivity contribution is 0.162. The van der Waals surface area contributed by atoms with Crippen LogP contribution in [0.3, 0.4) is 0 Å². The van der Waals surface area contributed by atoms with Crippen molar-refractivity contribution in [2.45, 2.75) is 31.8 Å². The Morgan fingerprint density at radius 1 is 1.06 bits per heavy atom. The van der Waals surface area contributed by atoms with Crippen LogP contribution in [0.2, 0.25) is 0 Å². The zero-order chi connectivity index (χ0) is 22.6. The lowest BCUT2D eigenvalue weighted by Gasteiger charge is -2.32. The molecule has 10 heteroatoms. The Morgan fingerprint density at radius 3 is 2.58 bits per heavy atom. The van der Waals surface area contributed by atoms with Gasteiger partial charge in [-0.1, -0.05) is 6.07 Å². The summed E-state index contributed by atoms with van der Waals surface area (Å²) >= 11 is 1.02. The van der Waals surface area contributed by atoms with E-state index in [1.807, 2.05) is 25.1 Å². The van der Waals surface area contributed by atoms with Crippen molar-refractivity contribution in [3.63, 3.8) is 0 Å². The summed E-state index contributed by atoms with van der Waals surface area (Å²) < 4.78 is 17.0. The van der Waals surface area contributed by atoms with E-state index in [-0.39, 0.29) is 17.8 Å². The molecule has 4 heterocycles. The van der Waals surface area contributed by atoms with Gasteiger partial charge in [0.15, 0.2) is 12.3 Å². The van der Waals surface area contributed by atoms with Gasteiger partial charge in [0.2, 0.25) is 11.8 Å². The average Bonchev–Trinajstić information content (AvgIpc) is 2.87. The highest BCUT2D eigenvalue weighted by Gasteiger charge is 2.25. The topological polar surface area (TPSA) is 103 Å². The molecule has 0 unspecified atom stereocenters. The molecule has 9 nitrogen and oxygen atoms in total. The first-order valence-corrected chi connectivity index (χ1v) is 11.6. The predicted molar refractivity (Wildman–Crippen MR) is 124 cm³/mol. The average molecular weight is 468 g/mol. The van der Waals surface area contributed by atoms with E-state index in [0.717, 1.165) is 55.3 Å². The summed E-state index contributed by atoms with van der Waals surface area (Å²) in [6, 6.07) is 7.35. The van der Waals surface area contributed by atoms with Crippen molar-refractivity contribution >= 4 is 18.3 Å². The van der Waals surface area contributed by atoms with Crippen LogP contribution in [0.5, 0.6) is 11.6 Å². The van der Waals surface area contributed by atoms with Gasteiger partial charge in [0.05, 0.1) is 18.9 Å². The molecule has 172 valence electrons. The first-order valence-electron chi connectivity index (χ1n) is 10.9. The zero-order valence-corrected chi connectivity index (χ0v) is 19.1. The van der Waals surface area contributed by atoms with Gasteiger partial charge in [-0.15, -0.1) is 0 Å². The maximum Gasteiger partial charge on any atom is 0.225 e. The molecule has 0 radical (unpaired) electrons. The normalized spacial score (nSPS) is 17.8. The molecule has 0 spiro atoms. The van der Waals surface area contributed by atoms with E-state index in [0.29, 0.717) is 30.4 Å². The molecule has 1 N–H and O–H groups in total. The Morgan fingerprint density at radius 2 is 1.82 bits per heavy atom. The Labute approximate surface area is 196 Å². The van der Waals surface area contributed by atoms with E-state index in [4.69, 9.17) is 13.1 Å². The Kier molecular flexibility index (Phi) is 6.56. The summed E-state index contributed by atoms with van der Waals surface area (Å²) in [7, 11) is 0.